The fourth-order valence-corrected chi connectivity index (χ4v) is 4.03. The number of benzene rings is 1. The van der Waals surface area contributed by atoms with Gasteiger partial charge in [0, 0.05) is 34.5 Å². The Hall–Kier alpha value is -3.48. The van der Waals surface area contributed by atoms with E-state index in [0.29, 0.717) is 17.1 Å². The van der Waals surface area contributed by atoms with E-state index in [9.17, 15) is 4.79 Å². The molecule has 4 rings (SSSR count). The molecule has 0 spiro atoms. The largest absolute Gasteiger partial charge is 0.384 e. The van der Waals surface area contributed by atoms with Crippen LogP contribution in [0.5, 0.6) is 0 Å². The van der Waals surface area contributed by atoms with Crippen LogP contribution < -0.4 is 16.8 Å². The highest BCUT2D eigenvalue weighted by Crippen LogP contribution is 2.33. The van der Waals surface area contributed by atoms with Crippen molar-refractivity contribution in [1.82, 2.24) is 20.3 Å². The van der Waals surface area contributed by atoms with Crippen molar-refractivity contribution in [3.05, 3.63) is 53.9 Å². The van der Waals surface area contributed by atoms with E-state index in [0.717, 1.165) is 35.2 Å². The van der Waals surface area contributed by atoms with E-state index in [1.165, 1.54) is 19.3 Å². The van der Waals surface area contributed by atoms with Gasteiger partial charge >= 0.3 is 0 Å². The molecule has 2 heterocycles. The summed E-state index contributed by atoms with van der Waals surface area (Å²) in [6.45, 7) is 1.88. The molecule has 0 atom stereocenters. The van der Waals surface area contributed by atoms with Crippen molar-refractivity contribution in [3.63, 3.8) is 0 Å². The second-order valence-corrected chi connectivity index (χ2v) is 7.75. The first-order valence-corrected chi connectivity index (χ1v) is 10.3. The molecule has 30 heavy (non-hydrogen) atoms. The van der Waals surface area contributed by atoms with Gasteiger partial charge in [-0.3, -0.25) is 4.79 Å². The summed E-state index contributed by atoms with van der Waals surface area (Å²) in [5.74, 6) is 0.570. The molecular formula is C23H26N6O. The van der Waals surface area contributed by atoms with Gasteiger partial charge in [-0.2, -0.15) is 0 Å². The number of rotatable bonds is 4. The lowest BCUT2D eigenvalue weighted by Gasteiger charge is -2.22. The topological polar surface area (TPSA) is 120 Å². The molecule has 154 valence electrons. The minimum Gasteiger partial charge on any atom is -0.384 e. The van der Waals surface area contributed by atoms with Crippen molar-refractivity contribution in [1.29, 1.82) is 0 Å². The number of aromatic nitrogens is 3. The molecule has 1 aromatic carbocycles. The van der Waals surface area contributed by atoms with Gasteiger partial charge in [-0.05, 0) is 44.0 Å². The first kappa shape index (κ1) is 19.8. The van der Waals surface area contributed by atoms with Crippen LogP contribution in [-0.4, -0.2) is 26.9 Å². The van der Waals surface area contributed by atoms with Gasteiger partial charge in [-0.1, -0.05) is 31.4 Å². The fraction of sp³-hybridized carbons (Fsp3) is 0.304. The predicted octanol–water partition coefficient (Wildman–Crippen LogP) is 3.74. The van der Waals surface area contributed by atoms with Crippen LogP contribution in [0, 0.1) is 6.92 Å². The van der Waals surface area contributed by atoms with Gasteiger partial charge in [0.25, 0.3) is 5.91 Å². The normalized spacial score (nSPS) is 14.4. The molecule has 1 aliphatic carbocycles. The predicted molar refractivity (Wildman–Crippen MR) is 119 cm³/mol. The van der Waals surface area contributed by atoms with E-state index in [-0.39, 0.29) is 17.9 Å². The first-order chi connectivity index (χ1) is 14.5. The average Bonchev–Trinajstić information content (AvgIpc) is 2.75. The fourth-order valence-electron chi connectivity index (χ4n) is 4.03. The molecule has 1 amide bonds. The van der Waals surface area contributed by atoms with E-state index in [1.807, 2.05) is 37.3 Å². The third kappa shape index (κ3) is 4.25. The molecule has 7 nitrogen and oxygen atoms in total. The van der Waals surface area contributed by atoms with Crippen LogP contribution in [0.4, 0.5) is 11.8 Å². The van der Waals surface area contributed by atoms with E-state index >= 15 is 0 Å². The van der Waals surface area contributed by atoms with Gasteiger partial charge in [0.1, 0.15) is 5.82 Å². The van der Waals surface area contributed by atoms with Crippen LogP contribution in [-0.2, 0) is 0 Å². The maximum atomic E-state index is 12.8. The van der Waals surface area contributed by atoms with Crippen molar-refractivity contribution >= 4 is 17.7 Å². The summed E-state index contributed by atoms with van der Waals surface area (Å²) in [6, 6.07) is 11.3. The summed E-state index contributed by atoms with van der Waals surface area (Å²) in [6.07, 6.45) is 7.37. The molecule has 0 aliphatic heterocycles. The van der Waals surface area contributed by atoms with Crippen LogP contribution in [0.3, 0.4) is 0 Å². The van der Waals surface area contributed by atoms with Crippen molar-refractivity contribution in [2.75, 3.05) is 11.5 Å². The highest BCUT2D eigenvalue weighted by molar-refractivity contribution is 5.96. The Bertz CT molecular complexity index is 1060. The number of nitrogen functional groups attached to an aromatic ring is 2. The monoisotopic (exact) mass is 402 g/mol. The lowest BCUT2D eigenvalue weighted by atomic mass is 9.95. The van der Waals surface area contributed by atoms with Gasteiger partial charge < -0.3 is 16.8 Å². The number of pyridine rings is 1. The first-order valence-electron chi connectivity index (χ1n) is 10.3. The average molecular weight is 403 g/mol. The van der Waals surface area contributed by atoms with Crippen LogP contribution >= 0.6 is 0 Å². The summed E-state index contributed by atoms with van der Waals surface area (Å²) in [5.41, 5.74) is 16.2. The Kier molecular flexibility index (Phi) is 5.61. The number of hydrogen-bond donors (Lipinski definition) is 3. The molecular weight excluding hydrogens is 376 g/mol. The van der Waals surface area contributed by atoms with Crippen molar-refractivity contribution in [3.8, 4) is 22.4 Å². The number of nitrogens with one attached hydrogen (secondary N) is 1. The minimum absolute atomic E-state index is 0.0572. The summed E-state index contributed by atoms with van der Waals surface area (Å²) >= 11 is 0. The number of anilines is 2. The zero-order valence-electron chi connectivity index (χ0n) is 17.1. The molecule has 0 saturated heterocycles. The summed E-state index contributed by atoms with van der Waals surface area (Å²) in [5, 5.41) is 3.17. The molecule has 7 heteroatoms. The van der Waals surface area contributed by atoms with Crippen LogP contribution in [0.25, 0.3) is 22.4 Å². The Labute approximate surface area is 176 Å². The van der Waals surface area contributed by atoms with Crippen molar-refractivity contribution in [2.45, 2.75) is 45.1 Å². The van der Waals surface area contributed by atoms with E-state index in [2.05, 4.69) is 20.3 Å². The SMILES string of the molecule is Cc1nc(N)nc(-c2cccc(C(=O)NC3CCCCC3)c2)c1-c1ccc(N)nc1. The number of amides is 1. The lowest BCUT2D eigenvalue weighted by Crippen LogP contribution is -2.36. The van der Waals surface area contributed by atoms with Gasteiger partial charge in [0.2, 0.25) is 5.95 Å². The second-order valence-electron chi connectivity index (χ2n) is 7.75. The number of nitrogens with two attached hydrogens (primary N) is 2. The molecule has 5 N–H and O–H groups in total. The van der Waals surface area contributed by atoms with Gasteiger partial charge in [-0.25, -0.2) is 15.0 Å². The van der Waals surface area contributed by atoms with Crippen LogP contribution in [0.15, 0.2) is 42.6 Å². The Morgan fingerprint density at radius 1 is 1.03 bits per heavy atom. The Morgan fingerprint density at radius 3 is 2.57 bits per heavy atom. The van der Waals surface area contributed by atoms with Crippen LogP contribution in [0.1, 0.15) is 48.2 Å². The Balaban J connectivity index is 1.71. The van der Waals surface area contributed by atoms with E-state index in [4.69, 9.17) is 11.5 Å². The van der Waals surface area contributed by atoms with Crippen molar-refractivity contribution in [2.24, 2.45) is 0 Å². The van der Waals surface area contributed by atoms with E-state index < -0.39 is 0 Å². The number of hydrogen-bond acceptors (Lipinski definition) is 6. The molecule has 1 aliphatic rings. The molecule has 2 aromatic heterocycles. The smallest absolute Gasteiger partial charge is 0.251 e. The molecule has 1 fully saturated rings. The van der Waals surface area contributed by atoms with Crippen molar-refractivity contribution < 1.29 is 4.79 Å². The van der Waals surface area contributed by atoms with Gasteiger partial charge in [-0.15, -0.1) is 0 Å². The Morgan fingerprint density at radius 2 is 1.83 bits per heavy atom. The number of aryl methyl sites for hydroxylation is 1. The summed E-state index contributed by atoms with van der Waals surface area (Å²) in [4.78, 5) is 25.8. The van der Waals surface area contributed by atoms with Gasteiger partial charge in [0.05, 0.1) is 11.4 Å². The molecule has 3 aromatic rings. The maximum absolute atomic E-state index is 12.8. The van der Waals surface area contributed by atoms with E-state index in [1.54, 1.807) is 12.3 Å². The third-order valence-electron chi connectivity index (χ3n) is 5.52. The number of carbonyl (C=O) groups excluding carboxylic acids is 1. The highest BCUT2D eigenvalue weighted by atomic mass is 16.1. The zero-order valence-corrected chi connectivity index (χ0v) is 17.1. The number of carbonyl (C=O) groups is 1. The quantitative estimate of drug-likeness (QED) is 0.611. The zero-order chi connectivity index (χ0) is 21.1. The minimum atomic E-state index is -0.0572. The third-order valence-corrected chi connectivity index (χ3v) is 5.52. The second kappa shape index (κ2) is 8.49. The molecule has 0 radical (unpaired) electrons. The summed E-state index contributed by atoms with van der Waals surface area (Å²) in [7, 11) is 0. The molecule has 0 bridgehead atoms. The highest BCUT2D eigenvalue weighted by Gasteiger charge is 2.19. The lowest BCUT2D eigenvalue weighted by molar-refractivity contribution is 0.0928. The number of nitrogens with zero attached hydrogens (tertiary/aromatic N) is 3. The van der Waals surface area contributed by atoms with Crippen LogP contribution in [0.2, 0.25) is 0 Å². The standard InChI is InChI=1S/C23H26N6O/c1-14-20(17-10-11-19(24)26-13-17)21(29-23(25)27-14)15-6-5-7-16(12-15)22(30)28-18-8-3-2-4-9-18/h5-7,10-13,18H,2-4,8-9H2,1H3,(H2,24,26)(H,28,30)(H2,25,27,29). The maximum Gasteiger partial charge on any atom is 0.251 e. The molecule has 1 saturated carbocycles. The molecule has 0 unspecified atom stereocenters. The van der Waals surface area contributed by atoms with Gasteiger partial charge in [0.15, 0.2) is 0 Å². The summed E-state index contributed by atoms with van der Waals surface area (Å²) < 4.78 is 0.